The van der Waals surface area contributed by atoms with Crippen LogP contribution in [0, 0.1) is 17.1 Å². The van der Waals surface area contributed by atoms with E-state index in [0.29, 0.717) is 25.3 Å². The molecule has 15 heavy (non-hydrogen) atoms. The van der Waals surface area contributed by atoms with Gasteiger partial charge in [0.05, 0.1) is 5.69 Å². The summed E-state index contributed by atoms with van der Waals surface area (Å²) < 4.78 is 13.3. The van der Waals surface area contributed by atoms with Crippen LogP contribution in [0.5, 0.6) is 0 Å². The van der Waals surface area contributed by atoms with Crippen molar-refractivity contribution in [2.24, 2.45) is 5.73 Å². The van der Waals surface area contributed by atoms with Crippen LogP contribution in [-0.4, -0.2) is 19.6 Å². The van der Waals surface area contributed by atoms with Gasteiger partial charge in [-0.25, -0.2) is 4.39 Å². The summed E-state index contributed by atoms with van der Waals surface area (Å²) in [5, 5.41) is 8.86. The van der Waals surface area contributed by atoms with E-state index in [0.717, 1.165) is 0 Å². The lowest BCUT2D eigenvalue weighted by Gasteiger charge is -2.23. The molecular weight excluding hydrogens is 193 g/mol. The number of benzene rings is 1. The number of nitrogens with zero attached hydrogens (tertiary/aromatic N) is 2. The Morgan fingerprint density at radius 3 is 2.80 bits per heavy atom. The second-order valence-corrected chi connectivity index (χ2v) is 3.11. The van der Waals surface area contributed by atoms with Gasteiger partial charge in [0.2, 0.25) is 0 Å². The van der Waals surface area contributed by atoms with Gasteiger partial charge in [0.15, 0.2) is 0 Å². The summed E-state index contributed by atoms with van der Waals surface area (Å²) >= 11 is 0. The Morgan fingerprint density at radius 2 is 2.27 bits per heavy atom. The van der Waals surface area contributed by atoms with Gasteiger partial charge in [0.25, 0.3) is 0 Å². The highest BCUT2D eigenvalue weighted by Gasteiger charge is 2.12. The number of anilines is 1. The summed E-state index contributed by atoms with van der Waals surface area (Å²) in [7, 11) is 0. The van der Waals surface area contributed by atoms with E-state index in [-0.39, 0.29) is 5.56 Å². The van der Waals surface area contributed by atoms with Gasteiger partial charge in [-0.2, -0.15) is 5.26 Å². The Morgan fingerprint density at radius 1 is 1.53 bits per heavy atom. The van der Waals surface area contributed by atoms with Crippen molar-refractivity contribution in [2.45, 2.75) is 6.92 Å². The van der Waals surface area contributed by atoms with Crippen molar-refractivity contribution in [1.29, 1.82) is 5.26 Å². The van der Waals surface area contributed by atoms with Crippen LogP contribution in [0.1, 0.15) is 12.5 Å². The first-order valence-electron chi connectivity index (χ1n) is 4.88. The zero-order valence-corrected chi connectivity index (χ0v) is 8.70. The van der Waals surface area contributed by atoms with Gasteiger partial charge in [0, 0.05) is 19.6 Å². The van der Waals surface area contributed by atoms with Crippen molar-refractivity contribution in [3.05, 3.63) is 29.6 Å². The van der Waals surface area contributed by atoms with E-state index >= 15 is 0 Å². The smallest absolute Gasteiger partial charge is 0.143 e. The third-order valence-electron chi connectivity index (χ3n) is 2.22. The molecule has 0 heterocycles. The third kappa shape index (κ3) is 2.45. The topological polar surface area (TPSA) is 53.0 Å². The number of hydrogen-bond acceptors (Lipinski definition) is 3. The maximum absolute atomic E-state index is 13.3. The van der Waals surface area contributed by atoms with Crippen LogP contribution in [0.3, 0.4) is 0 Å². The molecule has 80 valence electrons. The summed E-state index contributed by atoms with van der Waals surface area (Å²) in [5.41, 5.74) is 6.16. The lowest BCUT2D eigenvalue weighted by Crippen LogP contribution is -2.29. The van der Waals surface area contributed by atoms with E-state index in [1.54, 1.807) is 12.1 Å². The van der Waals surface area contributed by atoms with Crippen molar-refractivity contribution < 1.29 is 4.39 Å². The molecule has 0 aliphatic heterocycles. The average molecular weight is 207 g/mol. The number of rotatable bonds is 4. The van der Waals surface area contributed by atoms with E-state index in [4.69, 9.17) is 11.0 Å². The molecule has 4 heteroatoms. The standard InChI is InChI=1S/C11H14FN3/c1-2-15(7-6-13)11-5-3-4-10(12)9(11)8-14/h3-5H,2,6-7,13H2,1H3. The largest absolute Gasteiger partial charge is 0.369 e. The normalized spacial score (nSPS) is 9.73. The molecule has 2 N–H and O–H groups in total. The van der Waals surface area contributed by atoms with Crippen LogP contribution in [0.15, 0.2) is 18.2 Å². The van der Waals surface area contributed by atoms with E-state index < -0.39 is 5.82 Å². The van der Waals surface area contributed by atoms with Crippen molar-refractivity contribution in [3.8, 4) is 6.07 Å². The molecule has 0 aliphatic carbocycles. The summed E-state index contributed by atoms with van der Waals surface area (Å²) in [6.07, 6.45) is 0. The first kappa shape index (κ1) is 11.5. The lowest BCUT2D eigenvalue weighted by molar-refractivity contribution is 0.622. The van der Waals surface area contributed by atoms with Crippen LogP contribution < -0.4 is 10.6 Å². The number of nitrogens with two attached hydrogens (primary N) is 1. The quantitative estimate of drug-likeness (QED) is 0.813. The van der Waals surface area contributed by atoms with Crippen LogP contribution in [0.25, 0.3) is 0 Å². The molecule has 0 aromatic heterocycles. The molecule has 1 rings (SSSR count). The SMILES string of the molecule is CCN(CCN)c1cccc(F)c1C#N. The number of halogens is 1. The minimum atomic E-state index is -0.481. The molecule has 0 saturated heterocycles. The monoisotopic (exact) mass is 207 g/mol. The van der Waals surface area contributed by atoms with Gasteiger partial charge >= 0.3 is 0 Å². The fraction of sp³-hybridized carbons (Fsp3) is 0.364. The van der Waals surface area contributed by atoms with Crippen molar-refractivity contribution in [2.75, 3.05) is 24.5 Å². The fourth-order valence-electron chi connectivity index (χ4n) is 1.49. The van der Waals surface area contributed by atoms with E-state index in [9.17, 15) is 4.39 Å². The second kappa shape index (κ2) is 5.32. The molecule has 0 amide bonds. The highest BCUT2D eigenvalue weighted by Crippen LogP contribution is 2.21. The predicted octanol–water partition coefficient (Wildman–Crippen LogP) is 1.48. The van der Waals surface area contributed by atoms with Crippen molar-refractivity contribution in [3.63, 3.8) is 0 Å². The second-order valence-electron chi connectivity index (χ2n) is 3.11. The van der Waals surface area contributed by atoms with E-state index in [1.165, 1.54) is 6.07 Å². The molecule has 1 aromatic carbocycles. The lowest BCUT2D eigenvalue weighted by atomic mass is 10.1. The Balaban J connectivity index is 3.12. The zero-order valence-electron chi connectivity index (χ0n) is 8.70. The molecule has 0 aliphatic rings. The van der Waals surface area contributed by atoms with Gasteiger partial charge < -0.3 is 10.6 Å². The maximum atomic E-state index is 13.3. The minimum absolute atomic E-state index is 0.0906. The average Bonchev–Trinajstić information content (AvgIpc) is 2.25. The molecule has 0 radical (unpaired) electrons. The molecule has 0 spiro atoms. The Labute approximate surface area is 88.9 Å². The molecular formula is C11H14FN3. The Bertz CT molecular complexity index is 371. The molecule has 0 fully saturated rings. The number of hydrogen-bond donors (Lipinski definition) is 1. The van der Waals surface area contributed by atoms with Gasteiger partial charge in [0.1, 0.15) is 17.4 Å². The summed E-state index contributed by atoms with van der Waals surface area (Å²) in [6.45, 7) is 3.75. The molecule has 3 nitrogen and oxygen atoms in total. The van der Waals surface area contributed by atoms with Crippen LogP contribution in [0.2, 0.25) is 0 Å². The summed E-state index contributed by atoms with van der Waals surface area (Å²) in [6, 6.07) is 6.51. The number of nitriles is 1. The van der Waals surface area contributed by atoms with Crippen molar-refractivity contribution in [1.82, 2.24) is 0 Å². The highest BCUT2D eigenvalue weighted by atomic mass is 19.1. The van der Waals surface area contributed by atoms with Gasteiger partial charge in [-0.05, 0) is 19.1 Å². The first-order chi connectivity index (χ1) is 7.24. The Kier molecular flexibility index (Phi) is 4.07. The first-order valence-corrected chi connectivity index (χ1v) is 4.88. The fourth-order valence-corrected chi connectivity index (χ4v) is 1.49. The molecule has 0 unspecified atom stereocenters. The maximum Gasteiger partial charge on any atom is 0.143 e. The van der Waals surface area contributed by atoms with Gasteiger partial charge in [-0.1, -0.05) is 6.07 Å². The Hall–Kier alpha value is -1.60. The summed E-state index contributed by atoms with van der Waals surface area (Å²) in [4.78, 5) is 1.89. The summed E-state index contributed by atoms with van der Waals surface area (Å²) in [5.74, 6) is -0.481. The predicted molar refractivity (Wildman–Crippen MR) is 58.1 cm³/mol. The highest BCUT2D eigenvalue weighted by molar-refractivity contribution is 5.59. The minimum Gasteiger partial charge on any atom is -0.369 e. The van der Waals surface area contributed by atoms with Gasteiger partial charge in [-0.3, -0.25) is 0 Å². The zero-order chi connectivity index (χ0) is 11.3. The molecule has 1 aromatic rings. The van der Waals surface area contributed by atoms with E-state index in [1.807, 2.05) is 17.9 Å². The van der Waals surface area contributed by atoms with Crippen molar-refractivity contribution >= 4 is 5.69 Å². The van der Waals surface area contributed by atoms with Gasteiger partial charge in [-0.15, -0.1) is 0 Å². The molecule has 0 atom stereocenters. The van der Waals surface area contributed by atoms with Crippen LogP contribution in [-0.2, 0) is 0 Å². The van der Waals surface area contributed by atoms with E-state index in [2.05, 4.69) is 0 Å². The molecule has 0 bridgehead atoms. The van der Waals surface area contributed by atoms with Crippen LogP contribution >= 0.6 is 0 Å². The van der Waals surface area contributed by atoms with Crippen LogP contribution in [0.4, 0.5) is 10.1 Å². The number of likely N-dealkylation sites (N-methyl/N-ethyl adjacent to an activating group) is 1. The molecule has 0 saturated carbocycles. The third-order valence-corrected chi connectivity index (χ3v) is 2.22.